The highest BCUT2D eigenvalue weighted by Gasteiger charge is 2.13. The summed E-state index contributed by atoms with van der Waals surface area (Å²) in [5.41, 5.74) is 5.75. The number of nitrogens with one attached hydrogen (secondary N) is 2. The van der Waals surface area contributed by atoms with Gasteiger partial charge in [-0.15, -0.1) is 0 Å². The molecule has 0 atom stereocenters. The SMILES string of the molecule is CCCCCCN(CCCNc1c2ccc(Cl)cc2nc2ccc(OC)cc12)CCCNc1c2ccc(Cl)cc2nc2ccc(OC)cc12. The van der Waals surface area contributed by atoms with E-state index in [0.717, 1.165) is 112 Å². The van der Waals surface area contributed by atoms with Gasteiger partial charge >= 0.3 is 0 Å². The smallest absolute Gasteiger partial charge is 0.119 e. The van der Waals surface area contributed by atoms with Crippen LogP contribution in [0.3, 0.4) is 0 Å². The van der Waals surface area contributed by atoms with E-state index in [4.69, 9.17) is 42.6 Å². The summed E-state index contributed by atoms with van der Waals surface area (Å²) in [6.45, 7) is 7.10. The number of halogens is 2. The molecule has 0 aliphatic heterocycles. The van der Waals surface area contributed by atoms with E-state index in [1.54, 1.807) is 14.2 Å². The molecule has 6 aromatic rings. The molecular formula is C40H45Cl2N5O2. The Morgan fingerprint density at radius 3 is 1.51 bits per heavy atom. The Labute approximate surface area is 298 Å². The van der Waals surface area contributed by atoms with Gasteiger partial charge in [0.1, 0.15) is 11.5 Å². The van der Waals surface area contributed by atoms with E-state index in [0.29, 0.717) is 10.0 Å². The topological polar surface area (TPSA) is 71.5 Å². The first-order chi connectivity index (χ1) is 24.0. The lowest BCUT2D eigenvalue weighted by Crippen LogP contribution is -2.29. The largest absolute Gasteiger partial charge is 0.497 e. The standard InChI is InChI=1S/C40H45Cl2N5O2/c1-4-5-6-7-20-47(21-8-18-43-39-31-14-10-27(41)23-37(31)45-35-16-12-29(48-2)25-33(35)39)22-9-19-44-40-32-15-11-28(42)24-38(32)46-36-17-13-30(49-3)26-34(36)40/h10-17,23-26H,4-9,18-22H2,1-3H3,(H,43,45)(H,44,46). The van der Waals surface area contributed by atoms with Crippen LogP contribution in [0.25, 0.3) is 43.6 Å². The van der Waals surface area contributed by atoms with Crippen LogP contribution >= 0.6 is 23.2 Å². The number of methoxy groups -OCH3 is 2. The number of pyridine rings is 2. The van der Waals surface area contributed by atoms with E-state index in [-0.39, 0.29) is 0 Å². The number of anilines is 2. The fourth-order valence-corrected chi connectivity index (χ4v) is 6.89. The molecule has 2 heterocycles. The summed E-state index contributed by atoms with van der Waals surface area (Å²) >= 11 is 12.7. The minimum Gasteiger partial charge on any atom is -0.497 e. The lowest BCUT2D eigenvalue weighted by Gasteiger charge is -2.23. The van der Waals surface area contributed by atoms with Gasteiger partial charge in [0.25, 0.3) is 0 Å². The predicted molar refractivity (Wildman–Crippen MR) is 208 cm³/mol. The normalized spacial score (nSPS) is 11.6. The van der Waals surface area contributed by atoms with Crippen molar-refractivity contribution < 1.29 is 9.47 Å². The van der Waals surface area contributed by atoms with Crippen molar-refractivity contribution in [3.63, 3.8) is 0 Å². The number of hydrogen-bond acceptors (Lipinski definition) is 7. The number of fused-ring (bicyclic) bond motifs is 4. The maximum atomic E-state index is 6.35. The second kappa shape index (κ2) is 16.6. The van der Waals surface area contributed by atoms with Gasteiger partial charge in [0.2, 0.25) is 0 Å². The second-order valence-electron chi connectivity index (χ2n) is 12.5. The third kappa shape index (κ3) is 8.41. The minimum absolute atomic E-state index is 0.682. The molecule has 4 aromatic carbocycles. The molecule has 7 nitrogen and oxygen atoms in total. The number of benzene rings is 4. The van der Waals surface area contributed by atoms with Crippen molar-refractivity contribution in [2.45, 2.75) is 45.4 Å². The van der Waals surface area contributed by atoms with Crippen LogP contribution in [-0.4, -0.2) is 61.8 Å². The van der Waals surface area contributed by atoms with Crippen LogP contribution in [0.5, 0.6) is 11.5 Å². The van der Waals surface area contributed by atoms with Gasteiger partial charge in [0.05, 0.1) is 47.7 Å². The van der Waals surface area contributed by atoms with Crippen molar-refractivity contribution in [2.24, 2.45) is 0 Å². The quantitative estimate of drug-likeness (QED) is 0.0726. The van der Waals surface area contributed by atoms with Crippen LogP contribution in [0.4, 0.5) is 11.4 Å². The molecule has 0 spiro atoms. The van der Waals surface area contributed by atoms with Crippen molar-refractivity contribution in [2.75, 3.05) is 57.6 Å². The summed E-state index contributed by atoms with van der Waals surface area (Å²) in [7, 11) is 3.39. The first-order valence-electron chi connectivity index (χ1n) is 17.3. The van der Waals surface area contributed by atoms with E-state index in [9.17, 15) is 0 Å². The number of hydrogen-bond donors (Lipinski definition) is 2. The predicted octanol–water partition coefficient (Wildman–Crippen LogP) is 10.6. The Morgan fingerprint density at radius 1 is 0.551 bits per heavy atom. The van der Waals surface area contributed by atoms with E-state index in [1.807, 2.05) is 48.5 Å². The average Bonchev–Trinajstić information content (AvgIpc) is 3.11. The molecule has 2 N–H and O–H groups in total. The van der Waals surface area contributed by atoms with Crippen LogP contribution < -0.4 is 20.1 Å². The van der Waals surface area contributed by atoms with Gasteiger partial charge in [-0.05, 0) is 112 Å². The molecule has 9 heteroatoms. The maximum absolute atomic E-state index is 6.35. The van der Waals surface area contributed by atoms with Crippen molar-refractivity contribution in [3.05, 3.63) is 82.8 Å². The molecule has 0 unspecified atom stereocenters. The number of unbranched alkanes of at least 4 members (excludes halogenated alkanes) is 3. The molecule has 49 heavy (non-hydrogen) atoms. The molecule has 0 saturated carbocycles. The molecule has 0 bridgehead atoms. The number of rotatable bonds is 17. The van der Waals surface area contributed by atoms with Crippen LogP contribution in [0.15, 0.2) is 72.8 Å². The Hall–Kier alpha value is -4.04. The van der Waals surface area contributed by atoms with Gasteiger partial charge in [0.15, 0.2) is 0 Å². The zero-order valence-corrected chi connectivity index (χ0v) is 30.1. The number of ether oxygens (including phenoxy) is 2. The van der Waals surface area contributed by atoms with Crippen LogP contribution in [0.1, 0.15) is 45.4 Å². The van der Waals surface area contributed by atoms with Gasteiger partial charge < -0.3 is 25.0 Å². The average molecular weight is 699 g/mol. The number of nitrogens with zero attached hydrogens (tertiary/aromatic N) is 3. The van der Waals surface area contributed by atoms with Crippen molar-refractivity contribution in [3.8, 4) is 11.5 Å². The summed E-state index contributed by atoms with van der Waals surface area (Å²) < 4.78 is 11.1. The summed E-state index contributed by atoms with van der Waals surface area (Å²) in [5.74, 6) is 1.63. The van der Waals surface area contributed by atoms with Crippen LogP contribution in [0.2, 0.25) is 10.0 Å². The first kappa shape index (κ1) is 34.8. The summed E-state index contributed by atoms with van der Waals surface area (Å²) in [6, 6.07) is 23.9. The molecule has 0 amide bonds. The van der Waals surface area contributed by atoms with Crippen molar-refractivity contribution in [1.82, 2.24) is 14.9 Å². The highest BCUT2D eigenvalue weighted by molar-refractivity contribution is 6.32. The highest BCUT2D eigenvalue weighted by atomic mass is 35.5. The zero-order valence-electron chi connectivity index (χ0n) is 28.6. The summed E-state index contributed by atoms with van der Waals surface area (Å²) in [5, 5.41) is 13.1. The molecule has 0 radical (unpaired) electrons. The fourth-order valence-electron chi connectivity index (χ4n) is 6.56. The Kier molecular flexibility index (Phi) is 11.8. The lowest BCUT2D eigenvalue weighted by atomic mass is 10.1. The van der Waals surface area contributed by atoms with Gasteiger partial charge in [-0.3, -0.25) is 0 Å². The van der Waals surface area contributed by atoms with Crippen molar-refractivity contribution in [1.29, 1.82) is 0 Å². The Balaban J connectivity index is 1.13. The molecule has 0 fully saturated rings. The molecule has 0 aliphatic carbocycles. The summed E-state index contributed by atoms with van der Waals surface area (Å²) in [4.78, 5) is 12.4. The van der Waals surface area contributed by atoms with Crippen LogP contribution in [-0.2, 0) is 0 Å². The van der Waals surface area contributed by atoms with E-state index in [2.05, 4.69) is 46.7 Å². The monoisotopic (exact) mass is 697 g/mol. The van der Waals surface area contributed by atoms with E-state index >= 15 is 0 Å². The van der Waals surface area contributed by atoms with Crippen LogP contribution in [0, 0.1) is 0 Å². The zero-order chi connectivity index (χ0) is 34.2. The minimum atomic E-state index is 0.682. The molecule has 0 saturated heterocycles. The first-order valence-corrected chi connectivity index (χ1v) is 18.1. The third-order valence-electron chi connectivity index (χ3n) is 9.12. The molecule has 0 aliphatic rings. The van der Waals surface area contributed by atoms with E-state index < -0.39 is 0 Å². The van der Waals surface area contributed by atoms with Gasteiger partial charge in [-0.1, -0.05) is 49.4 Å². The maximum Gasteiger partial charge on any atom is 0.119 e. The number of aromatic nitrogens is 2. The second-order valence-corrected chi connectivity index (χ2v) is 13.4. The van der Waals surface area contributed by atoms with Gasteiger partial charge in [0, 0.05) is 44.7 Å². The molecular weight excluding hydrogens is 653 g/mol. The molecule has 2 aromatic heterocycles. The van der Waals surface area contributed by atoms with E-state index in [1.165, 1.54) is 25.7 Å². The summed E-state index contributed by atoms with van der Waals surface area (Å²) in [6.07, 6.45) is 7.04. The van der Waals surface area contributed by atoms with Gasteiger partial charge in [-0.25, -0.2) is 9.97 Å². The fraction of sp³-hybridized carbons (Fsp3) is 0.350. The van der Waals surface area contributed by atoms with Gasteiger partial charge in [-0.2, -0.15) is 0 Å². The third-order valence-corrected chi connectivity index (χ3v) is 9.59. The van der Waals surface area contributed by atoms with Crippen molar-refractivity contribution >= 4 is 78.2 Å². The Bertz CT molecular complexity index is 1910. The lowest BCUT2D eigenvalue weighted by molar-refractivity contribution is 0.265. The Morgan fingerprint density at radius 2 is 1.04 bits per heavy atom. The molecule has 6 rings (SSSR count). The highest BCUT2D eigenvalue weighted by Crippen LogP contribution is 2.35. The molecule has 256 valence electrons.